The van der Waals surface area contributed by atoms with Crippen molar-refractivity contribution in [3.63, 3.8) is 0 Å². The number of aliphatic hydroxyl groups excluding tert-OH is 2. The largest absolute Gasteiger partial charge is 0.394 e. The third kappa shape index (κ3) is 4.39. The SMILES string of the molecule is Cc1cccc(Cc2ccc(CC(N)(CO)CO)cc2)c1. The van der Waals surface area contributed by atoms with Crippen LogP contribution in [-0.4, -0.2) is 29.0 Å². The quantitative estimate of drug-likeness (QED) is 0.758. The van der Waals surface area contributed by atoms with Crippen LogP contribution in [0, 0.1) is 6.92 Å². The first kappa shape index (κ1) is 15.7. The Morgan fingerprint density at radius 3 is 2.10 bits per heavy atom. The number of rotatable bonds is 6. The summed E-state index contributed by atoms with van der Waals surface area (Å²) in [7, 11) is 0. The number of benzene rings is 2. The van der Waals surface area contributed by atoms with Gasteiger partial charge in [-0.05, 0) is 36.5 Å². The first-order valence-corrected chi connectivity index (χ1v) is 7.19. The fourth-order valence-electron chi connectivity index (χ4n) is 2.40. The molecule has 4 N–H and O–H groups in total. The molecule has 0 saturated heterocycles. The summed E-state index contributed by atoms with van der Waals surface area (Å²) in [6.45, 7) is 1.64. The van der Waals surface area contributed by atoms with Crippen LogP contribution in [0.1, 0.15) is 22.3 Å². The summed E-state index contributed by atoms with van der Waals surface area (Å²) in [5.41, 5.74) is 9.78. The fraction of sp³-hybridized carbons (Fsp3) is 0.333. The molecule has 3 nitrogen and oxygen atoms in total. The van der Waals surface area contributed by atoms with Gasteiger partial charge in [-0.3, -0.25) is 0 Å². The standard InChI is InChI=1S/C18H23NO2/c1-14-3-2-4-17(9-14)10-15-5-7-16(8-6-15)11-18(19,12-20)13-21/h2-9,20-21H,10-13,19H2,1H3. The van der Waals surface area contributed by atoms with Crippen molar-refractivity contribution in [2.75, 3.05) is 13.2 Å². The van der Waals surface area contributed by atoms with E-state index in [2.05, 4.69) is 43.3 Å². The molecular formula is C18H23NO2. The second-order valence-corrected chi connectivity index (χ2v) is 5.84. The zero-order valence-electron chi connectivity index (χ0n) is 12.4. The molecule has 0 aliphatic heterocycles. The van der Waals surface area contributed by atoms with Gasteiger partial charge in [-0.1, -0.05) is 54.1 Å². The molecule has 2 aromatic rings. The lowest BCUT2D eigenvalue weighted by Crippen LogP contribution is -2.49. The first-order chi connectivity index (χ1) is 10.0. The highest BCUT2D eigenvalue weighted by Gasteiger charge is 2.23. The molecule has 0 unspecified atom stereocenters. The lowest BCUT2D eigenvalue weighted by Gasteiger charge is -2.24. The molecule has 0 saturated carbocycles. The van der Waals surface area contributed by atoms with E-state index in [1.165, 1.54) is 16.7 Å². The maximum atomic E-state index is 9.24. The molecule has 0 bridgehead atoms. The van der Waals surface area contributed by atoms with Crippen LogP contribution in [0.5, 0.6) is 0 Å². The van der Waals surface area contributed by atoms with Crippen molar-refractivity contribution in [2.45, 2.75) is 25.3 Å². The average molecular weight is 285 g/mol. The van der Waals surface area contributed by atoms with Gasteiger partial charge < -0.3 is 15.9 Å². The van der Waals surface area contributed by atoms with Crippen LogP contribution in [-0.2, 0) is 12.8 Å². The summed E-state index contributed by atoms with van der Waals surface area (Å²) in [6.07, 6.45) is 1.36. The normalized spacial score (nSPS) is 11.6. The molecule has 0 spiro atoms. The Morgan fingerprint density at radius 2 is 1.52 bits per heavy atom. The minimum Gasteiger partial charge on any atom is -0.394 e. The third-order valence-electron chi connectivity index (χ3n) is 3.70. The highest BCUT2D eigenvalue weighted by Crippen LogP contribution is 2.15. The zero-order valence-corrected chi connectivity index (χ0v) is 12.4. The zero-order chi connectivity index (χ0) is 15.3. The predicted octanol–water partition coefficient (Wildman–Crippen LogP) is 1.81. The van der Waals surface area contributed by atoms with E-state index < -0.39 is 5.54 Å². The maximum Gasteiger partial charge on any atom is 0.0663 e. The van der Waals surface area contributed by atoms with Gasteiger partial charge in [0.05, 0.1) is 18.8 Å². The molecule has 112 valence electrons. The molecule has 0 heterocycles. The van der Waals surface area contributed by atoms with Crippen LogP contribution in [0.2, 0.25) is 0 Å². The van der Waals surface area contributed by atoms with Gasteiger partial charge in [0.25, 0.3) is 0 Å². The van der Waals surface area contributed by atoms with E-state index in [9.17, 15) is 10.2 Å². The van der Waals surface area contributed by atoms with E-state index in [-0.39, 0.29) is 13.2 Å². The summed E-state index contributed by atoms with van der Waals surface area (Å²) >= 11 is 0. The average Bonchev–Trinajstić information content (AvgIpc) is 2.49. The Bertz CT molecular complexity index is 574. The summed E-state index contributed by atoms with van der Waals surface area (Å²) in [5, 5.41) is 18.5. The van der Waals surface area contributed by atoms with Gasteiger partial charge in [0.15, 0.2) is 0 Å². The van der Waals surface area contributed by atoms with Crippen LogP contribution >= 0.6 is 0 Å². The van der Waals surface area contributed by atoms with E-state index in [0.717, 1.165) is 12.0 Å². The van der Waals surface area contributed by atoms with Gasteiger partial charge in [-0.2, -0.15) is 0 Å². The topological polar surface area (TPSA) is 66.5 Å². The van der Waals surface area contributed by atoms with Crippen molar-refractivity contribution in [1.29, 1.82) is 0 Å². The van der Waals surface area contributed by atoms with Crippen LogP contribution in [0.15, 0.2) is 48.5 Å². The van der Waals surface area contributed by atoms with Gasteiger partial charge in [0, 0.05) is 0 Å². The monoisotopic (exact) mass is 285 g/mol. The summed E-state index contributed by atoms with van der Waals surface area (Å²) in [5.74, 6) is 0. The second kappa shape index (κ2) is 6.85. The van der Waals surface area contributed by atoms with Gasteiger partial charge in [0.2, 0.25) is 0 Å². The Balaban J connectivity index is 2.05. The molecule has 0 atom stereocenters. The Labute approximate surface area is 126 Å². The van der Waals surface area contributed by atoms with E-state index in [4.69, 9.17) is 5.73 Å². The molecule has 3 heteroatoms. The lowest BCUT2D eigenvalue weighted by molar-refractivity contribution is 0.121. The van der Waals surface area contributed by atoms with Gasteiger partial charge in [-0.15, -0.1) is 0 Å². The third-order valence-corrected chi connectivity index (χ3v) is 3.70. The number of aliphatic hydroxyl groups is 2. The summed E-state index contributed by atoms with van der Waals surface area (Å²) in [4.78, 5) is 0. The number of hydrogen-bond acceptors (Lipinski definition) is 3. The number of aryl methyl sites for hydroxylation is 1. The molecule has 0 aliphatic rings. The summed E-state index contributed by atoms with van der Waals surface area (Å²) in [6, 6.07) is 16.7. The first-order valence-electron chi connectivity index (χ1n) is 7.19. The molecule has 0 fully saturated rings. The lowest BCUT2D eigenvalue weighted by atomic mass is 9.92. The summed E-state index contributed by atoms with van der Waals surface area (Å²) < 4.78 is 0. The van der Waals surface area contributed by atoms with Crippen LogP contribution in [0.3, 0.4) is 0 Å². The Kier molecular flexibility index (Phi) is 5.12. The highest BCUT2D eigenvalue weighted by atomic mass is 16.3. The fourth-order valence-corrected chi connectivity index (χ4v) is 2.40. The Hall–Kier alpha value is -1.68. The van der Waals surface area contributed by atoms with E-state index in [1.54, 1.807) is 0 Å². The minimum absolute atomic E-state index is 0.228. The van der Waals surface area contributed by atoms with E-state index in [0.29, 0.717) is 6.42 Å². The van der Waals surface area contributed by atoms with Gasteiger partial charge in [-0.25, -0.2) is 0 Å². The number of nitrogens with two attached hydrogens (primary N) is 1. The van der Waals surface area contributed by atoms with E-state index >= 15 is 0 Å². The molecular weight excluding hydrogens is 262 g/mol. The minimum atomic E-state index is -0.946. The van der Waals surface area contributed by atoms with Crippen LogP contribution in [0.4, 0.5) is 0 Å². The Morgan fingerprint density at radius 1 is 0.905 bits per heavy atom. The molecule has 21 heavy (non-hydrogen) atoms. The molecule has 0 aliphatic carbocycles. The van der Waals surface area contributed by atoms with Crippen molar-refractivity contribution in [1.82, 2.24) is 0 Å². The second-order valence-electron chi connectivity index (χ2n) is 5.84. The molecule has 2 aromatic carbocycles. The van der Waals surface area contributed by atoms with Crippen LogP contribution < -0.4 is 5.73 Å². The van der Waals surface area contributed by atoms with Crippen molar-refractivity contribution in [3.05, 3.63) is 70.8 Å². The molecule has 0 amide bonds. The molecule has 2 rings (SSSR count). The van der Waals surface area contributed by atoms with Gasteiger partial charge >= 0.3 is 0 Å². The maximum absolute atomic E-state index is 9.24. The predicted molar refractivity (Wildman–Crippen MR) is 85.2 cm³/mol. The van der Waals surface area contributed by atoms with Crippen molar-refractivity contribution in [2.24, 2.45) is 5.73 Å². The van der Waals surface area contributed by atoms with Crippen LogP contribution in [0.25, 0.3) is 0 Å². The smallest absolute Gasteiger partial charge is 0.0663 e. The van der Waals surface area contributed by atoms with Crippen molar-refractivity contribution in [3.8, 4) is 0 Å². The molecule has 0 aromatic heterocycles. The number of hydrogen-bond donors (Lipinski definition) is 3. The van der Waals surface area contributed by atoms with Crippen molar-refractivity contribution >= 4 is 0 Å². The molecule has 0 radical (unpaired) electrons. The van der Waals surface area contributed by atoms with Gasteiger partial charge in [0.1, 0.15) is 0 Å². The van der Waals surface area contributed by atoms with Crippen molar-refractivity contribution < 1.29 is 10.2 Å². The highest BCUT2D eigenvalue weighted by molar-refractivity contribution is 5.31. The van der Waals surface area contributed by atoms with E-state index in [1.807, 2.05) is 12.1 Å².